The summed E-state index contributed by atoms with van der Waals surface area (Å²) in [4.78, 5) is 0. The lowest BCUT2D eigenvalue weighted by Crippen LogP contribution is -2.12. The number of hydrogen-bond acceptors (Lipinski definition) is 1. The van der Waals surface area contributed by atoms with Crippen LogP contribution in [0.3, 0.4) is 0 Å². The lowest BCUT2D eigenvalue weighted by Gasteiger charge is -2.28. The Morgan fingerprint density at radius 2 is 1.93 bits per heavy atom. The van der Waals surface area contributed by atoms with Crippen molar-refractivity contribution in [2.24, 2.45) is 5.92 Å². The van der Waals surface area contributed by atoms with Crippen LogP contribution in [0.25, 0.3) is 0 Å². The zero-order valence-corrected chi connectivity index (χ0v) is 9.58. The highest BCUT2D eigenvalue weighted by Gasteiger charge is 2.20. The SMILES string of the molecule is CCC1CCC(c2cccc(N)c2)CC1. The monoisotopic (exact) mass is 203 g/mol. The first-order valence-electron chi connectivity index (χ1n) is 6.15. The first kappa shape index (κ1) is 10.5. The van der Waals surface area contributed by atoms with E-state index >= 15 is 0 Å². The summed E-state index contributed by atoms with van der Waals surface area (Å²) in [5.41, 5.74) is 8.17. The van der Waals surface area contributed by atoms with Crippen molar-refractivity contribution in [3.8, 4) is 0 Å². The normalized spacial score (nSPS) is 26.5. The van der Waals surface area contributed by atoms with Gasteiger partial charge in [-0.1, -0.05) is 25.5 Å². The van der Waals surface area contributed by atoms with E-state index in [4.69, 9.17) is 5.73 Å². The Morgan fingerprint density at radius 3 is 2.53 bits per heavy atom. The van der Waals surface area contributed by atoms with Gasteiger partial charge in [0.1, 0.15) is 0 Å². The summed E-state index contributed by atoms with van der Waals surface area (Å²) < 4.78 is 0. The van der Waals surface area contributed by atoms with E-state index in [0.717, 1.165) is 17.5 Å². The van der Waals surface area contributed by atoms with Crippen LogP contribution < -0.4 is 5.73 Å². The average molecular weight is 203 g/mol. The fourth-order valence-corrected chi connectivity index (χ4v) is 2.72. The van der Waals surface area contributed by atoms with E-state index in [1.807, 2.05) is 6.07 Å². The Bertz CT molecular complexity index is 311. The summed E-state index contributed by atoms with van der Waals surface area (Å²) in [6.45, 7) is 2.31. The van der Waals surface area contributed by atoms with E-state index in [2.05, 4.69) is 25.1 Å². The molecule has 0 unspecified atom stereocenters. The largest absolute Gasteiger partial charge is 0.399 e. The van der Waals surface area contributed by atoms with Crippen molar-refractivity contribution in [1.82, 2.24) is 0 Å². The van der Waals surface area contributed by atoms with Crippen LogP contribution in [0.15, 0.2) is 24.3 Å². The van der Waals surface area contributed by atoms with Gasteiger partial charge in [0.2, 0.25) is 0 Å². The molecular formula is C14H21N. The lowest BCUT2D eigenvalue weighted by atomic mass is 9.78. The maximum Gasteiger partial charge on any atom is 0.0316 e. The van der Waals surface area contributed by atoms with Crippen LogP contribution in [0, 0.1) is 5.92 Å². The molecule has 1 aromatic rings. The summed E-state index contributed by atoms with van der Waals surface area (Å²) in [7, 11) is 0. The van der Waals surface area contributed by atoms with Crippen molar-refractivity contribution in [3.63, 3.8) is 0 Å². The van der Waals surface area contributed by atoms with Gasteiger partial charge in [0.15, 0.2) is 0 Å². The minimum Gasteiger partial charge on any atom is -0.399 e. The topological polar surface area (TPSA) is 26.0 Å². The number of nitrogens with two attached hydrogens (primary N) is 1. The van der Waals surface area contributed by atoms with Crippen LogP contribution in [0.4, 0.5) is 5.69 Å². The minimum absolute atomic E-state index is 0.760. The number of hydrogen-bond donors (Lipinski definition) is 1. The number of nitrogen functional groups attached to an aromatic ring is 1. The third-order valence-corrected chi connectivity index (χ3v) is 3.81. The zero-order valence-electron chi connectivity index (χ0n) is 9.58. The van der Waals surface area contributed by atoms with E-state index in [1.54, 1.807) is 0 Å². The standard InChI is InChI=1S/C14H21N/c1-2-11-6-8-12(9-7-11)13-4-3-5-14(15)10-13/h3-5,10-12H,2,6-9,15H2,1H3. The second-order valence-electron chi connectivity index (χ2n) is 4.80. The van der Waals surface area contributed by atoms with E-state index in [0.29, 0.717) is 0 Å². The van der Waals surface area contributed by atoms with Gasteiger partial charge in [-0.15, -0.1) is 0 Å². The Kier molecular flexibility index (Phi) is 3.30. The highest BCUT2D eigenvalue weighted by Crippen LogP contribution is 2.37. The molecule has 0 bridgehead atoms. The molecule has 2 N–H and O–H groups in total. The zero-order chi connectivity index (χ0) is 10.7. The van der Waals surface area contributed by atoms with Crippen molar-refractivity contribution in [1.29, 1.82) is 0 Å². The average Bonchev–Trinajstić information content (AvgIpc) is 2.29. The summed E-state index contributed by atoms with van der Waals surface area (Å²) in [5, 5.41) is 0. The molecule has 1 aliphatic carbocycles. The molecule has 1 fully saturated rings. The molecule has 0 aliphatic heterocycles. The van der Waals surface area contributed by atoms with Gasteiger partial charge < -0.3 is 5.73 Å². The van der Waals surface area contributed by atoms with Gasteiger partial charge in [-0.2, -0.15) is 0 Å². The maximum absolute atomic E-state index is 5.82. The van der Waals surface area contributed by atoms with Gasteiger partial charge >= 0.3 is 0 Å². The van der Waals surface area contributed by atoms with Crippen molar-refractivity contribution in [2.75, 3.05) is 5.73 Å². The Balaban J connectivity index is 2.01. The number of benzene rings is 1. The molecule has 15 heavy (non-hydrogen) atoms. The quantitative estimate of drug-likeness (QED) is 0.723. The molecule has 1 nitrogen and oxygen atoms in total. The van der Waals surface area contributed by atoms with E-state index in [9.17, 15) is 0 Å². The molecule has 0 spiro atoms. The van der Waals surface area contributed by atoms with Gasteiger partial charge in [0, 0.05) is 5.69 Å². The molecule has 0 atom stereocenters. The van der Waals surface area contributed by atoms with Gasteiger partial charge in [-0.3, -0.25) is 0 Å². The van der Waals surface area contributed by atoms with Crippen LogP contribution in [-0.2, 0) is 0 Å². The predicted molar refractivity (Wildman–Crippen MR) is 65.8 cm³/mol. The van der Waals surface area contributed by atoms with Gasteiger partial charge in [0.05, 0.1) is 0 Å². The molecule has 0 saturated heterocycles. The van der Waals surface area contributed by atoms with Gasteiger partial charge in [0.25, 0.3) is 0 Å². The van der Waals surface area contributed by atoms with Crippen LogP contribution >= 0.6 is 0 Å². The number of rotatable bonds is 2. The number of anilines is 1. The first-order chi connectivity index (χ1) is 7.29. The maximum atomic E-state index is 5.82. The second-order valence-corrected chi connectivity index (χ2v) is 4.80. The molecule has 0 heterocycles. The molecule has 0 aromatic heterocycles. The van der Waals surface area contributed by atoms with Crippen molar-refractivity contribution in [3.05, 3.63) is 29.8 Å². The van der Waals surface area contributed by atoms with E-state index in [1.165, 1.54) is 37.7 Å². The summed E-state index contributed by atoms with van der Waals surface area (Å²) >= 11 is 0. The second kappa shape index (κ2) is 4.69. The third kappa shape index (κ3) is 2.53. The van der Waals surface area contributed by atoms with Crippen LogP contribution in [0.5, 0.6) is 0 Å². The smallest absolute Gasteiger partial charge is 0.0316 e. The predicted octanol–water partition coefficient (Wildman–Crippen LogP) is 3.95. The molecule has 1 aliphatic rings. The fourth-order valence-electron chi connectivity index (χ4n) is 2.72. The van der Waals surface area contributed by atoms with Crippen molar-refractivity contribution >= 4 is 5.69 Å². The Morgan fingerprint density at radius 1 is 1.20 bits per heavy atom. The summed E-state index contributed by atoms with van der Waals surface area (Å²) in [6, 6.07) is 8.43. The summed E-state index contributed by atoms with van der Waals surface area (Å²) in [5.74, 6) is 1.73. The fraction of sp³-hybridized carbons (Fsp3) is 0.571. The van der Waals surface area contributed by atoms with Crippen LogP contribution in [-0.4, -0.2) is 0 Å². The molecule has 1 aromatic carbocycles. The summed E-state index contributed by atoms with van der Waals surface area (Å²) in [6.07, 6.45) is 6.85. The molecular weight excluding hydrogens is 182 g/mol. The Labute approximate surface area is 92.7 Å². The van der Waals surface area contributed by atoms with Crippen molar-refractivity contribution in [2.45, 2.75) is 44.9 Å². The highest BCUT2D eigenvalue weighted by atomic mass is 14.5. The van der Waals surface area contributed by atoms with Crippen LogP contribution in [0.2, 0.25) is 0 Å². The molecule has 1 saturated carbocycles. The molecule has 0 amide bonds. The molecule has 0 radical (unpaired) electrons. The molecule has 82 valence electrons. The van der Waals surface area contributed by atoms with Gasteiger partial charge in [-0.05, 0) is 55.2 Å². The van der Waals surface area contributed by atoms with Crippen LogP contribution in [0.1, 0.15) is 50.5 Å². The van der Waals surface area contributed by atoms with Crippen molar-refractivity contribution < 1.29 is 0 Å². The highest BCUT2D eigenvalue weighted by molar-refractivity contribution is 5.41. The van der Waals surface area contributed by atoms with E-state index in [-0.39, 0.29) is 0 Å². The third-order valence-electron chi connectivity index (χ3n) is 3.81. The van der Waals surface area contributed by atoms with Gasteiger partial charge in [-0.25, -0.2) is 0 Å². The van der Waals surface area contributed by atoms with E-state index < -0.39 is 0 Å². The molecule has 2 rings (SSSR count). The molecule has 1 heteroatoms. The Hall–Kier alpha value is -0.980. The first-order valence-corrected chi connectivity index (χ1v) is 6.15. The lowest BCUT2D eigenvalue weighted by molar-refractivity contribution is 0.319. The minimum atomic E-state index is 0.760.